The maximum absolute atomic E-state index is 5.78. The summed E-state index contributed by atoms with van der Waals surface area (Å²) in [5.74, 6) is 0. The highest BCUT2D eigenvalue weighted by Gasteiger charge is 2.14. The molecule has 0 atom stereocenters. The lowest BCUT2D eigenvalue weighted by atomic mass is 10.4. The number of unbranched alkanes of at least 4 members (excludes halogenated alkanes) is 2. The van der Waals surface area contributed by atoms with Crippen molar-refractivity contribution in [3.63, 3.8) is 0 Å². The third-order valence-corrected chi connectivity index (χ3v) is 3.70. The van der Waals surface area contributed by atoms with Crippen molar-refractivity contribution >= 4 is 13.8 Å². The van der Waals surface area contributed by atoms with Gasteiger partial charge in [-0.2, -0.15) is 0 Å². The van der Waals surface area contributed by atoms with E-state index >= 15 is 0 Å². The maximum Gasteiger partial charge on any atom is 0.222 e. The first kappa shape index (κ1) is 13.7. The second kappa shape index (κ2) is 8.74. The number of H-pyrrole nitrogens is 1. The summed E-state index contributed by atoms with van der Waals surface area (Å²) >= 11 is 0. The maximum atomic E-state index is 5.78. The summed E-state index contributed by atoms with van der Waals surface area (Å²) in [7, 11) is -0.897. The Bertz CT molecular complexity index is 242. The van der Waals surface area contributed by atoms with Gasteiger partial charge in [0.05, 0.1) is 18.6 Å². The van der Waals surface area contributed by atoms with Crippen LogP contribution in [0, 0.1) is 0 Å². The van der Waals surface area contributed by atoms with E-state index in [2.05, 4.69) is 18.8 Å². The second-order valence-corrected chi connectivity index (χ2v) is 5.20. The van der Waals surface area contributed by atoms with Crippen molar-refractivity contribution in [2.75, 3.05) is 13.2 Å². The zero-order valence-electron chi connectivity index (χ0n) is 10.2. The molecular formula is C12H22NO2P. The van der Waals surface area contributed by atoms with Crippen LogP contribution in [0.1, 0.15) is 39.5 Å². The van der Waals surface area contributed by atoms with Crippen LogP contribution in [0.15, 0.2) is 18.3 Å². The lowest BCUT2D eigenvalue weighted by molar-refractivity contribution is 0.250. The summed E-state index contributed by atoms with van der Waals surface area (Å²) in [4.78, 5) is 3.17. The van der Waals surface area contributed by atoms with E-state index in [0.29, 0.717) is 0 Å². The van der Waals surface area contributed by atoms with E-state index in [4.69, 9.17) is 9.05 Å². The molecule has 4 heteroatoms. The van der Waals surface area contributed by atoms with Crippen molar-refractivity contribution in [2.24, 2.45) is 0 Å². The Hall–Kier alpha value is -0.370. The zero-order valence-corrected chi connectivity index (χ0v) is 11.1. The van der Waals surface area contributed by atoms with Crippen molar-refractivity contribution in [3.8, 4) is 0 Å². The molecule has 16 heavy (non-hydrogen) atoms. The molecule has 1 rings (SSSR count). The number of rotatable bonds is 9. The second-order valence-electron chi connectivity index (χ2n) is 3.69. The van der Waals surface area contributed by atoms with Crippen LogP contribution in [-0.4, -0.2) is 18.2 Å². The number of nitrogens with one attached hydrogen (secondary N) is 1. The Morgan fingerprint density at radius 2 is 1.75 bits per heavy atom. The Morgan fingerprint density at radius 3 is 2.19 bits per heavy atom. The average molecular weight is 243 g/mol. The highest BCUT2D eigenvalue weighted by Crippen LogP contribution is 2.36. The van der Waals surface area contributed by atoms with Gasteiger partial charge in [0.2, 0.25) is 8.38 Å². The fourth-order valence-electron chi connectivity index (χ4n) is 1.19. The van der Waals surface area contributed by atoms with E-state index in [1.54, 1.807) is 0 Å². The van der Waals surface area contributed by atoms with Gasteiger partial charge in [-0.1, -0.05) is 26.7 Å². The van der Waals surface area contributed by atoms with Crippen LogP contribution >= 0.6 is 8.38 Å². The fraction of sp³-hybridized carbons (Fsp3) is 0.667. The minimum Gasteiger partial charge on any atom is -0.358 e. The van der Waals surface area contributed by atoms with Gasteiger partial charge in [-0.15, -0.1) is 0 Å². The highest BCUT2D eigenvalue weighted by molar-refractivity contribution is 7.55. The Morgan fingerprint density at radius 1 is 1.12 bits per heavy atom. The largest absolute Gasteiger partial charge is 0.358 e. The summed E-state index contributed by atoms with van der Waals surface area (Å²) < 4.78 is 11.6. The molecule has 1 N–H and O–H groups in total. The first-order chi connectivity index (χ1) is 7.88. The summed E-state index contributed by atoms with van der Waals surface area (Å²) in [6, 6.07) is 4.01. The number of aromatic amines is 1. The molecule has 0 spiro atoms. The molecule has 0 amide bonds. The van der Waals surface area contributed by atoms with Gasteiger partial charge in [0.1, 0.15) is 0 Å². The van der Waals surface area contributed by atoms with Gasteiger partial charge in [0.25, 0.3) is 0 Å². The van der Waals surface area contributed by atoms with Crippen LogP contribution in [0.4, 0.5) is 0 Å². The minimum atomic E-state index is -0.897. The first-order valence-corrected chi connectivity index (χ1v) is 7.25. The summed E-state index contributed by atoms with van der Waals surface area (Å²) in [5, 5.41) is 0. The van der Waals surface area contributed by atoms with Crippen LogP contribution in [-0.2, 0) is 9.05 Å². The van der Waals surface area contributed by atoms with E-state index in [9.17, 15) is 0 Å². The molecule has 0 fully saturated rings. The standard InChI is InChI=1S/C12H22NO2P/c1-3-5-10-14-16(15-11-6-4-2)12-8-7-9-13-12/h7-9,13H,3-6,10-11H2,1-2H3. The average Bonchev–Trinajstić information content (AvgIpc) is 2.81. The molecule has 0 aromatic carbocycles. The molecule has 0 radical (unpaired) electrons. The minimum absolute atomic E-state index is 0.785. The smallest absolute Gasteiger partial charge is 0.222 e. The number of hydrogen-bond donors (Lipinski definition) is 1. The monoisotopic (exact) mass is 243 g/mol. The molecule has 3 nitrogen and oxygen atoms in total. The van der Waals surface area contributed by atoms with Gasteiger partial charge in [-0.05, 0) is 25.0 Å². The predicted octanol–water partition coefficient (Wildman–Crippen LogP) is 3.59. The molecular weight excluding hydrogens is 221 g/mol. The molecule has 1 aromatic rings. The molecule has 0 aliphatic carbocycles. The SMILES string of the molecule is CCCCOP(OCCCC)c1ccc[nH]1. The zero-order chi connectivity index (χ0) is 11.6. The Kier molecular flexibility index (Phi) is 7.48. The van der Waals surface area contributed by atoms with Crippen LogP contribution in [0.5, 0.6) is 0 Å². The molecule has 0 saturated heterocycles. The molecule has 1 aromatic heterocycles. The van der Waals surface area contributed by atoms with Crippen LogP contribution in [0.3, 0.4) is 0 Å². The summed E-state index contributed by atoms with van der Waals surface area (Å²) in [5.41, 5.74) is 1.07. The molecule has 92 valence electrons. The predicted molar refractivity (Wildman–Crippen MR) is 69.1 cm³/mol. The van der Waals surface area contributed by atoms with E-state index < -0.39 is 8.38 Å². The van der Waals surface area contributed by atoms with Crippen LogP contribution in [0.2, 0.25) is 0 Å². The van der Waals surface area contributed by atoms with Gasteiger partial charge < -0.3 is 14.0 Å². The third kappa shape index (κ3) is 5.11. The highest BCUT2D eigenvalue weighted by atomic mass is 31.2. The normalized spacial score (nSPS) is 11.2. The van der Waals surface area contributed by atoms with Gasteiger partial charge in [0.15, 0.2) is 0 Å². The van der Waals surface area contributed by atoms with Crippen molar-refractivity contribution in [1.82, 2.24) is 4.98 Å². The molecule has 0 bridgehead atoms. The van der Waals surface area contributed by atoms with Gasteiger partial charge in [-0.3, -0.25) is 0 Å². The van der Waals surface area contributed by atoms with Crippen LogP contribution < -0.4 is 5.44 Å². The van der Waals surface area contributed by atoms with E-state index in [1.165, 1.54) is 0 Å². The van der Waals surface area contributed by atoms with E-state index in [1.807, 2.05) is 18.3 Å². The quantitative estimate of drug-likeness (QED) is 0.531. The molecule has 0 aliphatic rings. The first-order valence-electron chi connectivity index (χ1n) is 6.07. The molecule has 0 saturated carbocycles. The Balaban J connectivity index is 2.36. The molecule has 0 aliphatic heterocycles. The van der Waals surface area contributed by atoms with E-state index in [-0.39, 0.29) is 0 Å². The summed E-state index contributed by atoms with van der Waals surface area (Å²) in [6.07, 6.45) is 6.41. The molecule has 0 unspecified atom stereocenters. The van der Waals surface area contributed by atoms with Crippen LogP contribution in [0.25, 0.3) is 0 Å². The van der Waals surface area contributed by atoms with Gasteiger partial charge in [-0.25, -0.2) is 0 Å². The molecule has 1 heterocycles. The Labute approximate surface area is 99.5 Å². The van der Waals surface area contributed by atoms with Crippen molar-refractivity contribution in [2.45, 2.75) is 39.5 Å². The number of aromatic nitrogens is 1. The van der Waals surface area contributed by atoms with E-state index in [0.717, 1.165) is 44.3 Å². The lowest BCUT2D eigenvalue weighted by Crippen LogP contribution is -2.08. The summed E-state index contributed by atoms with van der Waals surface area (Å²) in [6.45, 7) is 5.90. The van der Waals surface area contributed by atoms with Gasteiger partial charge >= 0.3 is 0 Å². The third-order valence-electron chi connectivity index (χ3n) is 2.19. The van der Waals surface area contributed by atoms with Crippen molar-refractivity contribution < 1.29 is 9.05 Å². The topological polar surface area (TPSA) is 34.2 Å². The van der Waals surface area contributed by atoms with Gasteiger partial charge in [0, 0.05) is 6.20 Å². The van der Waals surface area contributed by atoms with Crippen molar-refractivity contribution in [1.29, 1.82) is 0 Å². The number of hydrogen-bond acceptors (Lipinski definition) is 2. The lowest BCUT2D eigenvalue weighted by Gasteiger charge is -2.15. The van der Waals surface area contributed by atoms with Crippen molar-refractivity contribution in [3.05, 3.63) is 18.3 Å². The fourth-order valence-corrected chi connectivity index (χ4v) is 2.52.